The highest BCUT2D eigenvalue weighted by Gasteiger charge is 2.29. The Balaban J connectivity index is 2.33. The average Bonchev–Trinajstić information content (AvgIpc) is 2.70. The number of halogens is 2. The van der Waals surface area contributed by atoms with Gasteiger partial charge in [-0.3, -0.25) is 9.59 Å². The van der Waals surface area contributed by atoms with Gasteiger partial charge in [0, 0.05) is 28.7 Å². The van der Waals surface area contributed by atoms with E-state index in [2.05, 4.69) is 5.32 Å². The van der Waals surface area contributed by atoms with Crippen LogP contribution in [0, 0.1) is 6.92 Å². The van der Waals surface area contributed by atoms with E-state index < -0.39 is 6.04 Å². The summed E-state index contributed by atoms with van der Waals surface area (Å²) in [6.07, 6.45) is 1.53. The van der Waals surface area contributed by atoms with Gasteiger partial charge in [-0.05, 0) is 37.5 Å². The van der Waals surface area contributed by atoms with Gasteiger partial charge in [-0.2, -0.15) is 0 Å². The van der Waals surface area contributed by atoms with Crippen molar-refractivity contribution >= 4 is 35.0 Å². The van der Waals surface area contributed by atoms with Gasteiger partial charge in [0.05, 0.1) is 6.42 Å². The van der Waals surface area contributed by atoms with Crippen LogP contribution in [-0.4, -0.2) is 29.3 Å². The van der Waals surface area contributed by atoms with Crippen LogP contribution in [-0.2, 0) is 22.6 Å². The van der Waals surface area contributed by atoms with E-state index in [0.717, 1.165) is 17.5 Å². The lowest BCUT2D eigenvalue weighted by molar-refractivity contribution is -0.140. The van der Waals surface area contributed by atoms with Crippen molar-refractivity contribution < 1.29 is 9.59 Å². The first kappa shape index (κ1) is 23.2. The van der Waals surface area contributed by atoms with Gasteiger partial charge in [0.15, 0.2) is 0 Å². The van der Waals surface area contributed by atoms with Crippen molar-refractivity contribution in [1.82, 2.24) is 10.2 Å². The second kappa shape index (κ2) is 11.2. The highest BCUT2D eigenvalue weighted by molar-refractivity contribution is 6.36. The Labute approximate surface area is 183 Å². The van der Waals surface area contributed by atoms with Crippen LogP contribution in [0.4, 0.5) is 0 Å². The van der Waals surface area contributed by atoms with Crippen molar-refractivity contribution in [3.63, 3.8) is 0 Å². The van der Waals surface area contributed by atoms with Crippen LogP contribution in [0.3, 0.4) is 0 Å². The molecular weight excluding hydrogens is 407 g/mol. The monoisotopic (exact) mass is 434 g/mol. The largest absolute Gasteiger partial charge is 0.354 e. The summed E-state index contributed by atoms with van der Waals surface area (Å²) in [5.41, 5.74) is 2.68. The third-order valence-corrected chi connectivity index (χ3v) is 5.51. The minimum absolute atomic E-state index is 0.136. The molecular formula is C23H28Cl2N2O2. The molecule has 0 heterocycles. The molecule has 0 bridgehead atoms. The number of carbonyl (C=O) groups excluding carboxylic acids is 2. The minimum Gasteiger partial charge on any atom is -0.354 e. The molecule has 0 radical (unpaired) electrons. The predicted octanol–water partition coefficient (Wildman–Crippen LogP) is 5.18. The molecule has 0 aromatic heterocycles. The van der Waals surface area contributed by atoms with Crippen LogP contribution >= 0.6 is 23.2 Å². The van der Waals surface area contributed by atoms with E-state index in [-0.39, 0.29) is 24.8 Å². The fraction of sp³-hybridized carbons (Fsp3) is 0.391. The molecule has 2 rings (SSSR count). The van der Waals surface area contributed by atoms with Crippen LogP contribution in [0.2, 0.25) is 10.0 Å². The number of nitrogens with zero attached hydrogens (tertiary/aromatic N) is 1. The Morgan fingerprint density at radius 1 is 1.03 bits per heavy atom. The van der Waals surface area contributed by atoms with Gasteiger partial charge in [-0.15, -0.1) is 0 Å². The highest BCUT2D eigenvalue weighted by Crippen LogP contribution is 2.27. The maximum absolute atomic E-state index is 13.3. The Bertz CT molecular complexity index is 817. The topological polar surface area (TPSA) is 49.4 Å². The molecule has 2 amide bonds. The fourth-order valence-electron chi connectivity index (χ4n) is 3.12. The molecule has 0 aliphatic carbocycles. The highest BCUT2D eigenvalue weighted by atomic mass is 35.5. The zero-order valence-electron chi connectivity index (χ0n) is 17.2. The normalized spacial score (nSPS) is 11.8. The minimum atomic E-state index is -0.591. The standard InChI is InChI=1S/C23H28Cl2N2O2/c1-4-13-26-23(29)21(5-2)27(15-18-19(24)7-6-8-20(18)25)22(28)14-17-11-9-16(3)10-12-17/h6-12,21H,4-5,13-15H2,1-3H3,(H,26,29). The molecule has 156 valence electrons. The molecule has 4 nitrogen and oxygen atoms in total. The summed E-state index contributed by atoms with van der Waals surface area (Å²) in [7, 11) is 0. The van der Waals surface area contributed by atoms with Crippen LogP contribution < -0.4 is 5.32 Å². The number of hydrogen-bond donors (Lipinski definition) is 1. The van der Waals surface area contributed by atoms with E-state index in [1.54, 1.807) is 23.1 Å². The Kier molecular flexibility index (Phi) is 8.99. The van der Waals surface area contributed by atoms with Gasteiger partial charge in [0.2, 0.25) is 11.8 Å². The molecule has 1 N–H and O–H groups in total. The van der Waals surface area contributed by atoms with E-state index in [1.807, 2.05) is 45.0 Å². The van der Waals surface area contributed by atoms with Crippen molar-refractivity contribution in [1.29, 1.82) is 0 Å². The van der Waals surface area contributed by atoms with Gasteiger partial charge in [0.25, 0.3) is 0 Å². The summed E-state index contributed by atoms with van der Waals surface area (Å²) < 4.78 is 0. The van der Waals surface area contributed by atoms with Crippen molar-refractivity contribution in [2.24, 2.45) is 0 Å². The first-order valence-electron chi connectivity index (χ1n) is 9.92. The van der Waals surface area contributed by atoms with Gasteiger partial charge in [-0.25, -0.2) is 0 Å². The molecule has 0 fully saturated rings. The average molecular weight is 435 g/mol. The van der Waals surface area contributed by atoms with Gasteiger partial charge < -0.3 is 10.2 Å². The van der Waals surface area contributed by atoms with Crippen LogP contribution in [0.1, 0.15) is 43.4 Å². The Morgan fingerprint density at radius 3 is 2.21 bits per heavy atom. The zero-order valence-corrected chi connectivity index (χ0v) is 18.7. The van der Waals surface area contributed by atoms with E-state index in [1.165, 1.54) is 0 Å². The van der Waals surface area contributed by atoms with Gasteiger partial charge >= 0.3 is 0 Å². The van der Waals surface area contributed by atoms with Crippen LogP contribution in [0.15, 0.2) is 42.5 Å². The molecule has 0 spiro atoms. The molecule has 2 aromatic carbocycles. The molecule has 29 heavy (non-hydrogen) atoms. The lowest BCUT2D eigenvalue weighted by atomic mass is 10.1. The number of rotatable bonds is 9. The lowest BCUT2D eigenvalue weighted by Gasteiger charge is -2.31. The molecule has 6 heteroatoms. The number of carbonyl (C=O) groups is 2. The molecule has 0 aliphatic heterocycles. The zero-order chi connectivity index (χ0) is 21.4. The lowest BCUT2D eigenvalue weighted by Crippen LogP contribution is -2.49. The quantitative estimate of drug-likeness (QED) is 0.590. The number of aryl methyl sites for hydroxylation is 1. The van der Waals surface area contributed by atoms with Crippen molar-refractivity contribution in [3.8, 4) is 0 Å². The van der Waals surface area contributed by atoms with Crippen LogP contribution in [0.25, 0.3) is 0 Å². The molecule has 0 saturated carbocycles. The van der Waals surface area contributed by atoms with E-state index in [9.17, 15) is 9.59 Å². The summed E-state index contributed by atoms with van der Waals surface area (Å²) in [6, 6.07) is 12.5. The van der Waals surface area contributed by atoms with Crippen LogP contribution in [0.5, 0.6) is 0 Å². The molecule has 1 atom stereocenters. The van der Waals surface area contributed by atoms with E-state index in [0.29, 0.717) is 28.6 Å². The summed E-state index contributed by atoms with van der Waals surface area (Å²) in [4.78, 5) is 27.6. The Hall–Kier alpha value is -2.04. The third kappa shape index (κ3) is 6.48. The van der Waals surface area contributed by atoms with Gasteiger partial charge in [0.1, 0.15) is 6.04 Å². The maximum atomic E-state index is 13.3. The number of nitrogens with one attached hydrogen (secondary N) is 1. The summed E-state index contributed by atoms with van der Waals surface area (Å²) >= 11 is 12.7. The smallest absolute Gasteiger partial charge is 0.242 e. The number of hydrogen-bond acceptors (Lipinski definition) is 2. The Morgan fingerprint density at radius 2 is 1.66 bits per heavy atom. The SMILES string of the molecule is CCCNC(=O)C(CC)N(Cc1c(Cl)cccc1Cl)C(=O)Cc1ccc(C)cc1. The number of benzene rings is 2. The first-order chi connectivity index (χ1) is 13.9. The van der Waals surface area contributed by atoms with Crippen molar-refractivity contribution in [3.05, 3.63) is 69.2 Å². The van der Waals surface area contributed by atoms with Crippen molar-refractivity contribution in [2.75, 3.05) is 6.54 Å². The van der Waals surface area contributed by atoms with Gasteiger partial charge in [-0.1, -0.05) is 72.9 Å². The fourth-order valence-corrected chi connectivity index (χ4v) is 3.64. The predicted molar refractivity (Wildman–Crippen MR) is 119 cm³/mol. The second-order valence-electron chi connectivity index (χ2n) is 7.10. The summed E-state index contributed by atoms with van der Waals surface area (Å²) in [6.45, 7) is 6.65. The number of amides is 2. The second-order valence-corrected chi connectivity index (χ2v) is 7.91. The molecule has 1 unspecified atom stereocenters. The molecule has 0 saturated heterocycles. The van der Waals surface area contributed by atoms with E-state index >= 15 is 0 Å². The molecule has 2 aromatic rings. The van der Waals surface area contributed by atoms with E-state index in [4.69, 9.17) is 23.2 Å². The first-order valence-corrected chi connectivity index (χ1v) is 10.7. The van der Waals surface area contributed by atoms with Crippen molar-refractivity contribution in [2.45, 2.75) is 52.6 Å². The summed E-state index contributed by atoms with van der Waals surface area (Å²) in [5.74, 6) is -0.293. The molecule has 0 aliphatic rings. The maximum Gasteiger partial charge on any atom is 0.242 e. The summed E-state index contributed by atoms with van der Waals surface area (Å²) in [5, 5.41) is 3.87. The third-order valence-electron chi connectivity index (χ3n) is 4.80.